The number of benzene rings is 2. The molecule has 180 valence electrons. The van der Waals surface area contributed by atoms with Crippen LogP contribution in [0.25, 0.3) is 0 Å². The van der Waals surface area contributed by atoms with Crippen LogP contribution in [0.1, 0.15) is 30.9 Å². The smallest absolute Gasteiger partial charge is 0.344 e. The van der Waals surface area contributed by atoms with Crippen molar-refractivity contribution in [1.29, 1.82) is 0 Å². The number of imide groups is 1. The van der Waals surface area contributed by atoms with Gasteiger partial charge in [0.25, 0.3) is 11.8 Å². The van der Waals surface area contributed by atoms with Gasteiger partial charge in [0.05, 0.1) is 20.1 Å². The number of carbonyl (C=O) groups is 4. The van der Waals surface area contributed by atoms with Crippen molar-refractivity contribution in [3.05, 3.63) is 71.8 Å². The largest absolute Gasteiger partial charge is 0.469 e. The summed E-state index contributed by atoms with van der Waals surface area (Å²) in [5, 5.41) is 3.44. The predicted octanol–water partition coefficient (Wildman–Crippen LogP) is 2.03. The minimum absolute atomic E-state index is 0.107. The van der Waals surface area contributed by atoms with Gasteiger partial charge in [0, 0.05) is 13.1 Å². The standard InChI is InChI=1S/C25H30N4O5/c1-25(15-13-19-9-5-3-6-10-19)23(32)29(24(33)26-25)27-21(30)18-28(16-14-22(31)34-2)17-20-11-7-4-8-12-20/h3-12H,13-18H2,1-2H3,(H,26,33)(H,27,30). The lowest BCUT2D eigenvalue weighted by Gasteiger charge is -2.24. The fraction of sp³-hybridized carbons (Fsp3) is 0.360. The highest BCUT2D eigenvalue weighted by Crippen LogP contribution is 2.22. The van der Waals surface area contributed by atoms with Crippen molar-refractivity contribution in [2.24, 2.45) is 0 Å². The summed E-state index contributed by atoms with van der Waals surface area (Å²) in [5.41, 5.74) is 3.32. The van der Waals surface area contributed by atoms with Gasteiger partial charge in [-0.2, -0.15) is 5.01 Å². The minimum Gasteiger partial charge on any atom is -0.469 e. The number of esters is 1. The maximum Gasteiger partial charge on any atom is 0.344 e. The second-order valence-electron chi connectivity index (χ2n) is 8.45. The van der Waals surface area contributed by atoms with E-state index in [9.17, 15) is 19.2 Å². The van der Waals surface area contributed by atoms with Crippen LogP contribution in [0, 0.1) is 0 Å². The van der Waals surface area contributed by atoms with E-state index in [2.05, 4.69) is 10.7 Å². The van der Waals surface area contributed by atoms with E-state index in [1.54, 1.807) is 11.8 Å². The first-order valence-corrected chi connectivity index (χ1v) is 11.1. The van der Waals surface area contributed by atoms with Crippen LogP contribution >= 0.6 is 0 Å². The Morgan fingerprint density at radius 3 is 2.26 bits per heavy atom. The number of carbonyl (C=O) groups excluding carboxylic acids is 4. The molecular weight excluding hydrogens is 436 g/mol. The number of nitrogens with one attached hydrogen (secondary N) is 2. The van der Waals surface area contributed by atoms with Crippen molar-refractivity contribution in [3.8, 4) is 0 Å². The summed E-state index contributed by atoms with van der Waals surface area (Å²) in [6.45, 7) is 2.24. The lowest BCUT2D eigenvalue weighted by molar-refractivity contribution is -0.141. The third-order valence-corrected chi connectivity index (χ3v) is 5.73. The highest BCUT2D eigenvalue weighted by atomic mass is 16.5. The summed E-state index contributed by atoms with van der Waals surface area (Å²) in [6, 6.07) is 18.5. The van der Waals surface area contributed by atoms with E-state index in [4.69, 9.17) is 4.74 Å². The number of urea groups is 1. The van der Waals surface area contributed by atoms with Crippen molar-refractivity contribution in [1.82, 2.24) is 20.7 Å². The first-order valence-electron chi connectivity index (χ1n) is 11.1. The zero-order chi connectivity index (χ0) is 24.6. The molecule has 0 aliphatic carbocycles. The second-order valence-corrected chi connectivity index (χ2v) is 8.45. The molecule has 2 aromatic rings. The van der Waals surface area contributed by atoms with E-state index >= 15 is 0 Å². The number of rotatable bonds is 11. The van der Waals surface area contributed by atoms with Gasteiger partial charge in [0.1, 0.15) is 5.54 Å². The van der Waals surface area contributed by atoms with Gasteiger partial charge in [0.2, 0.25) is 0 Å². The Hall–Kier alpha value is -3.72. The molecular formula is C25H30N4O5. The number of ether oxygens (including phenoxy) is 1. The number of aryl methyl sites for hydroxylation is 1. The Balaban J connectivity index is 1.60. The van der Waals surface area contributed by atoms with Gasteiger partial charge in [-0.1, -0.05) is 60.7 Å². The van der Waals surface area contributed by atoms with Gasteiger partial charge in [0.15, 0.2) is 0 Å². The average Bonchev–Trinajstić information content (AvgIpc) is 3.05. The zero-order valence-corrected chi connectivity index (χ0v) is 19.5. The number of hydrogen-bond acceptors (Lipinski definition) is 6. The maximum atomic E-state index is 13.0. The van der Waals surface area contributed by atoms with Crippen LogP contribution in [0.4, 0.5) is 4.79 Å². The van der Waals surface area contributed by atoms with Gasteiger partial charge < -0.3 is 10.1 Å². The molecule has 4 amide bonds. The molecule has 3 rings (SSSR count). The molecule has 1 saturated heterocycles. The Kier molecular flexibility index (Phi) is 8.37. The molecule has 2 aromatic carbocycles. The lowest BCUT2D eigenvalue weighted by atomic mass is 9.93. The third-order valence-electron chi connectivity index (χ3n) is 5.73. The molecule has 0 saturated carbocycles. The SMILES string of the molecule is COC(=O)CCN(CC(=O)NN1C(=O)NC(C)(CCc2ccccc2)C1=O)Cc1ccccc1. The van der Waals surface area contributed by atoms with Crippen LogP contribution in [-0.2, 0) is 32.1 Å². The van der Waals surface area contributed by atoms with Gasteiger partial charge in [-0.15, -0.1) is 0 Å². The molecule has 1 aliphatic heterocycles. The number of hydrogen-bond donors (Lipinski definition) is 2. The molecule has 1 unspecified atom stereocenters. The molecule has 0 bridgehead atoms. The molecule has 9 heteroatoms. The van der Waals surface area contributed by atoms with Crippen LogP contribution < -0.4 is 10.7 Å². The summed E-state index contributed by atoms with van der Waals surface area (Å²) >= 11 is 0. The van der Waals surface area contributed by atoms with Gasteiger partial charge >= 0.3 is 12.0 Å². The molecule has 0 aromatic heterocycles. The molecule has 1 aliphatic rings. The van der Waals surface area contributed by atoms with Crippen LogP contribution in [0.5, 0.6) is 0 Å². The first-order chi connectivity index (χ1) is 16.3. The summed E-state index contributed by atoms with van der Waals surface area (Å²) < 4.78 is 4.70. The molecule has 0 spiro atoms. The van der Waals surface area contributed by atoms with Crippen molar-refractivity contribution in [2.75, 3.05) is 20.2 Å². The van der Waals surface area contributed by atoms with Gasteiger partial charge in [-0.25, -0.2) is 4.79 Å². The Bertz CT molecular complexity index is 1010. The zero-order valence-electron chi connectivity index (χ0n) is 19.5. The Morgan fingerprint density at radius 2 is 1.65 bits per heavy atom. The number of methoxy groups -OCH3 is 1. The number of nitrogens with zero attached hydrogens (tertiary/aromatic N) is 2. The Labute approximate surface area is 199 Å². The minimum atomic E-state index is -1.12. The quantitative estimate of drug-likeness (QED) is 0.388. The normalized spacial score (nSPS) is 17.6. The fourth-order valence-corrected chi connectivity index (χ4v) is 3.76. The van der Waals surface area contributed by atoms with Crippen molar-refractivity contribution >= 4 is 23.8 Å². The van der Waals surface area contributed by atoms with Crippen molar-refractivity contribution < 1.29 is 23.9 Å². The monoisotopic (exact) mass is 466 g/mol. The van der Waals surface area contributed by atoms with Crippen molar-refractivity contribution in [3.63, 3.8) is 0 Å². The molecule has 1 fully saturated rings. The second kappa shape index (κ2) is 11.4. The Morgan fingerprint density at radius 1 is 1.03 bits per heavy atom. The molecule has 9 nitrogen and oxygen atoms in total. The summed E-state index contributed by atoms with van der Waals surface area (Å²) in [6.07, 6.45) is 1.11. The number of amides is 4. The summed E-state index contributed by atoms with van der Waals surface area (Å²) in [7, 11) is 1.31. The highest BCUT2D eigenvalue weighted by Gasteiger charge is 2.48. The van der Waals surface area contributed by atoms with E-state index in [0.717, 1.165) is 16.1 Å². The van der Waals surface area contributed by atoms with Gasteiger partial charge in [-0.3, -0.25) is 24.7 Å². The van der Waals surface area contributed by atoms with Crippen LogP contribution in [0.3, 0.4) is 0 Å². The van der Waals surface area contributed by atoms with Crippen molar-refractivity contribution in [2.45, 2.75) is 38.3 Å². The fourth-order valence-electron chi connectivity index (χ4n) is 3.76. The third kappa shape index (κ3) is 6.64. The van der Waals surface area contributed by atoms with Crippen LogP contribution in [0.2, 0.25) is 0 Å². The summed E-state index contributed by atoms with van der Waals surface area (Å²) in [4.78, 5) is 51.6. The van der Waals surface area contributed by atoms with Gasteiger partial charge in [-0.05, 0) is 30.9 Å². The molecule has 2 N–H and O–H groups in total. The van der Waals surface area contributed by atoms with Crippen LogP contribution in [0.15, 0.2) is 60.7 Å². The van der Waals surface area contributed by atoms with E-state index in [-0.39, 0.29) is 25.5 Å². The molecule has 1 heterocycles. The average molecular weight is 467 g/mol. The number of hydrazine groups is 1. The summed E-state index contributed by atoms with van der Waals surface area (Å²) in [5.74, 6) is -1.43. The highest BCUT2D eigenvalue weighted by molar-refractivity contribution is 6.07. The molecule has 34 heavy (non-hydrogen) atoms. The first kappa shape index (κ1) is 24.9. The van der Waals surface area contributed by atoms with Crippen LogP contribution in [-0.4, -0.2) is 59.5 Å². The van der Waals surface area contributed by atoms with E-state index in [1.807, 2.05) is 60.7 Å². The maximum absolute atomic E-state index is 13.0. The predicted molar refractivity (Wildman–Crippen MR) is 125 cm³/mol. The topological polar surface area (TPSA) is 108 Å². The molecule has 0 radical (unpaired) electrons. The molecule has 1 atom stereocenters. The lowest BCUT2D eigenvalue weighted by Crippen LogP contribution is -2.51. The van der Waals surface area contributed by atoms with E-state index in [0.29, 0.717) is 19.4 Å². The van der Waals surface area contributed by atoms with E-state index < -0.39 is 23.4 Å². The van der Waals surface area contributed by atoms with E-state index in [1.165, 1.54) is 7.11 Å².